The molecule has 5 nitrogen and oxygen atoms in total. The quantitative estimate of drug-likeness (QED) is 0.401. The number of aryl methyl sites for hydroxylation is 1. The van der Waals surface area contributed by atoms with E-state index in [1.54, 1.807) is 11.3 Å². The van der Waals surface area contributed by atoms with E-state index >= 15 is 0 Å². The summed E-state index contributed by atoms with van der Waals surface area (Å²) in [6, 6.07) is 0.629. The Labute approximate surface area is 166 Å². The molecule has 2 N–H and O–H groups in total. The molecule has 0 aromatic carbocycles. The van der Waals surface area contributed by atoms with E-state index in [9.17, 15) is 0 Å². The molecule has 2 atom stereocenters. The number of halogens is 1. The number of likely N-dealkylation sites (tertiary alicyclic amines) is 1. The van der Waals surface area contributed by atoms with Crippen LogP contribution >= 0.6 is 35.3 Å². The van der Waals surface area contributed by atoms with Gasteiger partial charge in [-0.05, 0) is 51.1 Å². The second-order valence-electron chi connectivity index (χ2n) is 6.99. The van der Waals surface area contributed by atoms with Crippen LogP contribution < -0.4 is 10.6 Å². The Kier molecular flexibility index (Phi) is 7.74. The number of piperidine rings is 1. The lowest BCUT2D eigenvalue weighted by molar-refractivity contribution is 0.176. The summed E-state index contributed by atoms with van der Waals surface area (Å²) in [5, 5.41) is 10.4. The molecule has 2 aliphatic rings. The van der Waals surface area contributed by atoms with E-state index in [0.29, 0.717) is 6.04 Å². The highest BCUT2D eigenvalue weighted by Crippen LogP contribution is 2.28. The molecule has 7 heteroatoms. The molecule has 0 spiro atoms. The maximum Gasteiger partial charge on any atom is 0.191 e. The zero-order chi connectivity index (χ0) is 16.2. The smallest absolute Gasteiger partial charge is 0.191 e. The number of aromatic nitrogens is 1. The van der Waals surface area contributed by atoms with Crippen LogP contribution in [0.1, 0.15) is 36.9 Å². The molecule has 2 heterocycles. The molecule has 2 unspecified atom stereocenters. The molecule has 0 radical (unpaired) electrons. The summed E-state index contributed by atoms with van der Waals surface area (Å²) >= 11 is 1.75. The number of nitrogens with zero attached hydrogens (tertiary/aromatic N) is 3. The number of nitrogens with one attached hydrogen (secondary N) is 2. The van der Waals surface area contributed by atoms with Crippen LogP contribution in [0.2, 0.25) is 0 Å². The molecular formula is C17H30IN5S. The van der Waals surface area contributed by atoms with Crippen molar-refractivity contribution in [3.63, 3.8) is 0 Å². The Hall–Kier alpha value is -0.410. The van der Waals surface area contributed by atoms with Crippen LogP contribution in [0.25, 0.3) is 0 Å². The minimum Gasteiger partial charge on any atom is -0.356 e. The van der Waals surface area contributed by atoms with E-state index in [1.165, 1.54) is 43.1 Å². The van der Waals surface area contributed by atoms with Gasteiger partial charge in [-0.2, -0.15) is 0 Å². The van der Waals surface area contributed by atoms with Crippen molar-refractivity contribution in [2.24, 2.45) is 16.8 Å². The maximum atomic E-state index is 4.57. The lowest BCUT2D eigenvalue weighted by Gasteiger charge is -2.31. The fourth-order valence-electron chi connectivity index (χ4n) is 3.19. The summed E-state index contributed by atoms with van der Waals surface area (Å²) < 4.78 is 0. The van der Waals surface area contributed by atoms with Crippen molar-refractivity contribution in [3.8, 4) is 0 Å². The molecule has 0 amide bonds. The summed E-state index contributed by atoms with van der Waals surface area (Å²) in [6.07, 6.45) is 3.79. The van der Waals surface area contributed by atoms with Crippen molar-refractivity contribution in [1.82, 2.24) is 20.5 Å². The first-order chi connectivity index (χ1) is 11.1. The lowest BCUT2D eigenvalue weighted by atomic mass is 9.97. The zero-order valence-electron chi connectivity index (χ0n) is 14.9. The van der Waals surface area contributed by atoms with E-state index in [4.69, 9.17) is 0 Å². The fourth-order valence-corrected chi connectivity index (χ4v) is 3.80. The normalized spacial score (nSPS) is 25.2. The van der Waals surface area contributed by atoms with Crippen LogP contribution in [0.15, 0.2) is 10.4 Å². The van der Waals surface area contributed by atoms with Crippen LogP contribution in [-0.4, -0.2) is 48.6 Å². The Balaban J connectivity index is 0.00000208. The highest BCUT2D eigenvalue weighted by atomic mass is 127. The average Bonchev–Trinajstić information content (AvgIpc) is 3.09. The molecule has 136 valence electrons. The van der Waals surface area contributed by atoms with E-state index in [-0.39, 0.29) is 24.0 Å². The number of thiazole rings is 1. The molecule has 1 aliphatic carbocycles. The van der Waals surface area contributed by atoms with Crippen molar-refractivity contribution < 1.29 is 0 Å². The third-order valence-electron chi connectivity index (χ3n) is 4.97. The predicted octanol–water partition coefficient (Wildman–Crippen LogP) is 2.85. The molecule has 24 heavy (non-hydrogen) atoms. The summed E-state index contributed by atoms with van der Waals surface area (Å²) in [5.41, 5.74) is 1.23. The van der Waals surface area contributed by atoms with E-state index in [2.05, 4.69) is 44.7 Å². The van der Waals surface area contributed by atoms with Crippen LogP contribution in [0.5, 0.6) is 0 Å². The second kappa shape index (κ2) is 9.33. The van der Waals surface area contributed by atoms with Gasteiger partial charge in [0.2, 0.25) is 0 Å². The maximum absolute atomic E-state index is 4.57. The summed E-state index contributed by atoms with van der Waals surface area (Å²) in [6.45, 7) is 8.75. The Morgan fingerprint density at radius 2 is 2.12 bits per heavy atom. The standard InChI is InChI=1S/C17H29N5S.HI/c1-12-8-16(12)21-17(18-3)19-9-14-4-6-22(7-5-14)10-15-11-23-13(2)20-15;/h11-12,14,16H,4-10H2,1-3H3,(H2,18,19,21);1H. The number of rotatable bonds is 5. The van der Waals surface area contributed by atoms with Crippen LogP contribution in [0.4, 0.5) is 0 Å². The van der Waals surface area contributed by atoms with E-state index < -0.39 is 0 Å². The van der Waals surface area contributed by atoms with Gasteiger partial charge in [-0.25, -0.2) is 4.98 Å². The average molecular weight is 463 g/mol. The molecule has 0 bridgehead atoms. The molecule has 1 saturated heterocycles. The molecule has 1 aromatic heterocycles. The highest BCUT2D eigenvalue weighted by molar-refractivity contribution is 14.0. The van der Waals surface area contributed by atoms with Gasteiger partial charge < -0.3 is 10.6 Å². The van der Waals surface area contributed by atoms with Gasteiger partial charge in [0.15, 0.2) is 5.96 Å². The molecule has 1 aromatic rings. The minimum absolute atomic E-state index is 0. The first kappa shape index (κ1) is 19.9. The molecule has 1 aliphatic heterocycles. The van der Waals surface area contributed by atoms with Crippen molar-refractivity contribution in [1.29, 1.82) is 0 Å². The Bertz CT molecular complexity index is 539. The van der Waals surface area contributed by atoms with Gasteiger partial charge in [-0.15, -0.1) is 35.3 Å². The van der Waals surface area contributed by atoms with Crippen molar-refractivity contribution in [2.75, 3.05) is 26.7 Å². The van der Waals surface area contributed by atoms with E-state index in [1.807, 2.05) is 7.05 Å². The summed E-state index contributed by atoms with van der Waals surface area (Å²) in [4.78, 5) is 11.4. The van der Waals surface area contributed by atoms with Gasteiger partial charge in [-0.1, -0.05) is 6.92 Å². The third-order valence-corrected chi connectivity index (χ3v) is 5.80. The van der Waals surface area contributed by atoms with Crippen molar-refractivity contribution >= 4 is 41.3 Å². The Morgan fingerprint density at radius 3 is 2.67 bits per heavy atom. The summed E-state index contributed by atoms with van der Waals surface area (Å²) in [7, 11) is 1.86. The SMILES string of the molecule is CN=C(NCC1CCN(Cc2csc(C)n2)CC1)NC1CC1C.I. The monoisotopic (exact) mass is 463 g/mol. The van der Waals surface area contributed by atoms with Crippen molar-refractivity contribution in [2.45, 2.75) is 45.7 Å². The van der Waals surface area contributed by atoms with Gasteiger partial charge in [-0.3, -0.25) is 9.89 Å². The second-order valence-corrected chi connectivity index (χ2v) is 8.06. The van der Waals surface area contributed by atoms with Gasteiger partial charge >= 0.3 is 0 Å². The lowest BCUT2D eigenvalue weighted by Crippen LogP contribution is -2.43. The minimum atomic E-state index is 0. The Morgan fingerprint density at radius 1 is 1.42 bits per heavy atom. The molecular weight excluding hydrogens is 433 g/mol. The topological polar surface area (TPSA) is 52.6 Å². The van der Waals surface area contributed by atoms with Crippen LogP contribution in [0.3, 0.4) is 0 Å². The number of guanidine groups is 1. The zero-order valence-corrected chi connectivity index (χ0v) is 18.1. The number of aliphatic imine (C=N–C) groups is 1. The van der Waals surface area contributed by atoms with Gasteiger partial charge in [0.25, 0.3) is 0 Å². The predicted molar refractivity (Wildman–Crippen MR) is 112 cm³/mol. The number of hydrogen-bond donors (Lipinski definition) is 2. The molecule has 1 saturated carbocycles. The van der Waals surface area contributed by atoms with Gasteiger partial charge in [0.05, 0.1) is 10.7 Å². The van der Waals surface area contributed by atoms with Crippen molar-refractivity contribution in [3.05, 3.63) is 16.1 Å². The molecule has 2 fully saturated rings. The molecule has 3 rings (SSSR count). The van der Waals surface area contributed by atoms with Gasteiger partial charge in [0, 0.05) is 31.6 Å². The van der Waals surface area contributed by atoms with Crippen LogP contribution in [-0.2, 0) is 6.54 Å². The number of hydrogen-bond acceptors (Lipinski definition) is 4. The fraction of sp³-hybridized carbons (Fsp3) is 0.765. The van der Waals surface area contributed by atoms with E-state index in [0.717, 1.165) is 30.9 Å². The highest BCUT2D eigenvalue weighted by Gasteiger charge is 2.33. The van der Waals surface area contributed by atoms with Crippen LogP contribution in [0, 0.1) is 18.8 Å². The third kappa shape index (κ3) is 5.84. The van der Waals surface area contributed by atoms with Gasteiger partial charge in [0.1, 0.15) is 0 Å². The summed E-state index contributed by atoms with van der Waals surface area (Å²) in [5.74, 6) is 2.52. The first-order valence-corrected chi connectivity index (χ1v) is 9.62. The largest absolute Gasteiger partial charge is 0.356 e. The first-order valence-electron chi connectivity index (χ1n) is 8.74.